The van der Waals surface area contributed by atoms with E-state index in [2.05, 4.69) is 5.32 Å². The highest BCUT2D eigenvalue weighted by molar-refractivity contribution is 8.76. The number of nitrogens with two attached hydrogens (primary N) is 1. The monoisotopic (exact) mass is 682 g/mol. The molecule has 0 bridgehead atoms. The van der Waals surface area contributed by atoms with E-state index in [0.29, 0.717) is 17.1 Å². The molecular weight excluding hydrogens is 649 g/mol. The van der Waals surface area contributed by atoms with Crippen molar-refractivity contribution in [1.82, 2.24) is 15.1 Å². The Bertz CT molecular complexity index is 1380. The fourth-order valence-electron chi connectivity index (χ4n) is 5.48. The van der Waals surface area contributed by atoms with Crippen LogP contribution in [0.4, 0.5) is 0 Å². The van der Waals surface area contributed by atoms with Crippen LogP contribution in [0.15, 0.2) is 36.1 Å². The molecule has 0 saturated carbocycles. The number of amides is 3. The molecule has 17 heteroatoms. The Kier molecular flexibility index (Phi) is 10.1. The second-order valence-corrected chi connectivity index (χ2v) is 15.5. The van der Waals surface area contributed by atoms with Crippen LogP contribution in [0.5, 0.6) is 5.75 Å². The number of carbonyl (C=O) groups is 5. The quantitative estimate of drug-likeness (QED) is 0.0955. The first-order valence-corrected chi connectivity index (χ1v) is 17.5. The Hall–Kier alpha value is -3.12. The molecule has 244 valence electrons. The van der Waals surface area contributed by atoms with Crippen molar-refractivity contribution in [3.8, 4) is 5.75 Å². The summed E-state index contributed by atoms with van der Waals surface area (Å²) in [5, 5.41) is 20.9. The van der Waals surface area contributed by atoms with Gasteiger partial charge in [0.05, 0.1) is 13.0 Å². The van der Waals surface area contributed by atoms with Gasteiger partial charge in [0.2, 0.25) is 17.7 Å². The van der Waals surface area contributed by atoms with Gasteiger partial charge in [0.25, 0.3) is 0 Å². The molecular formula is C28H34N4O10S3. The molecule has 4 heterocycles. The highest BCUT2D eigenvalue weighted by Crippen LogP contribution is 2.51. The van der Waals surface area contributed by atoms with Gasteiger partial charge in [0.1, 0.15) is 48.2 Å². The molecule has 5 N–H and O–H groups in total. The Morgan fingerprint density at radius 1 is 1.13 bits per heavy atom. The van der Waals surface area contributed by atoms with Gasteiger partial charge in [0, 0.05) is 16.3 Å². The van der Waals surface area contributed by atoms with Crippen molar-refractivity contribution >= 4 is 63.0 Å². The van der Waals surface area contributed by atoms with Crippen molar-refractivity contribution in [3.05, 3.63) is 41.7 Å². The second-order valence-electron chi connectivity index (χ2n) is 11.1. The van der Waals surface area contributed by atoms with Gasteiger partial charge in [-0.1, -0.05) is 33.7 Å². The summed E-state index contributed by atoms with van der Waals surface area (Å²) in [6.45, 7) is 3.57. The number of aliphatic hydroxyl groups excluding tert-OH is 1. The molecule has 4 fully saturated rings. The van der Waals surface area contributed by atoms with Crippen molar-refractivity contribution in [2.75, 3.05) is 31.3 Å². The molecule has 1 aromatic carbocycles. The van der Waals surface area contributed by atoms with Crippen LogP contribution in [-0.2, 0) is 38.2 Å². The largest absolute Gasteiger partial charge is 0.508 e. The van der Waals surface area contributed by atoms with E-state index in [9.17, 15) is 29.1 Å². The smallest absolute Gasteiger partial charge is 0.336 e. The normalized spacial score (nSPS) is 27.6. The zero-order valence-corrected chi connectivity index (χ0v) is 26.9. The number of phenols is 1. The Morgan fingerprint density at radius 3 is 2.40 bits per heavy atom. The third-order valence-electron chi connectivity index (χ3n) is 7.69. The molecule has 0 aromatic heterocycles. The van der Waals surface area contributed by atoms with Gasteiger partial charge in [-0.05, 0) is 37.6 Å². The number of benzene rings is 1. The van der Waals surface area contributed by atoms with Crippen molar-refractivity contribution in [3.63, 3.8) is 0 Å². The van der Waals surface area contributed by atoms with Crippen LogP contribution in [0.2, 0.25) is 0 Å². The molecule has 1 aromatic rings. The van der Waals surface area contributed by atoms with Crippen LogP contribution >= 0.6 is 33.3 Å². The molecule has 4 aliphatic heterocycles. The van der Waals surface area contributed by atoms with E-state index in [1.807, 2.05) is 13.8 Å². The van der Waals surface area contributed by atoms with Gasteiger partial charge < -0.3 is 40.4 Å². The summed E-state index contributed by atoms with van der Waals surface area (Å²) in [4.78, 5) is 66.0. The number of rotatable bonds is 13. The zero-order chi connectivity index (χ0) is 32.5. The number of aliphatic hydroxyl groups is 1. The summed E-state index contributed by atoms with van der Waals surface area (Å²) in [5.74, 6) is -1.12. The molecule has 3 amide bonds. The van der Waals surface area contributed by atoms with Gasteiger partial charge in [-0.15, -0.1) is 11.8 Å². The number of hydrogen-bond donors (Lipinski definition) is 4. The molecule has 4 aliphatic rings. The lowest BCUT2D eigenvalue weighted by molar-refractivity contribution is -0.165. The number of nitrogens with zero attached hydrogens (tertiary/aromatic N) is 2. The predicted molar refractivity (Wildman–Crippen MR) is 165 cm³/mol. The molecule has 5 rings (SSSR count). The second kappa shape index (κ2) is 13.7. The minimum Gasteiger partial charge on any atom is -0.508 e. The van der Waals surface area contributed by atoms with Crippen molar-refractivity contribution in [1.29, 1.82) is 0 Å². The number of esters is 2. The maximum Gasteiger partial charge on any atom is 0.336 e. The number of β-lactam (4-membered cyclic amide) rings is 2. The van der Waals surface area contributed by atoms with Crippen molar-refractivity contribution in [2.24, 2.45) is 5.73 Å². The van der Waals surface area contributed by atoms with Gasteiger partial charge in [-0.3, -0.25) is 19.3 Å². The standard InChI is InChI=1S/C28H34N4O10S3/c1-28(2)22(32-24(37)20(25(32)45-28)30-23(36)19(29)14-3-5-15(34)6-4-14)27(39)41-10-12-44-43-11-9-40-26(38)21-16(7-8-33)42-18-13-17(35)31(18)21/h3-7,18-22,25,33-34H,8-13,29H2,1-2H3,(H,30,36)/t18-,19?,20+,21-,22?,25+/m1/s1. The van der Waals surface area contributed by atoms with E-state index in [0.717, 1.165) is 0 Å². The molecule has 14 nitrogen and oxygen atoms in total. The van der Waals surface area contributed by atoms with Gasteiger partial charge >= 0.3 is 11.9 Å². The van der Waals surface area contributed by atoms with Crippen molar-refractivity contribution in [2.45, 2.75) is 60.8 Å². The molecule has 6 atom stereocenters. The summed E-state index contributed by atoms with van der Waals surface area (Å²) in [5.41, 5.74) is 6.54. The number of ether oxygens (including phenoxy) is 3. The van der Waals surface area contributed by atoms with Crippen LogP contribution in [0.1, 0.15) is 31.9 Å². The fourth-order valence-corrected chi connectivity index (χ4v) is 8.75. The minimum absolute atomic E-state index is 0.0436. The van der Waals surface area contributed by atoms with E-state index < -0.39 is 58.4 Å². The Balaban J connectivity index is 1.01. The Labute approximate surface area is 271 Å². The lowest BCUT2D eigenvalue weighted by Gasteiger charge is -2.44. The number of hydrogen-bond acceptors (Lipinski definition) is 14. The number of carbonyl (C=O) groups excluding carboxylic acids is 5. The fraction of sp³-hybridized carbons (Fsp3) is 0.536. The topological polar surface area (TPSA) is 198 Å². The van der Waals surface area contributed by atoms with E-state index in [-0.39, 0.29) is 49.6 Å². The molecule has 0 radical (unpaired) electrons. The van der Waals surface area contributed by atoms with Crippen LogP contribution in [-0.4, -0.2) is 115 Å². The molecule has 0 spiro atoms. The minimum atomic E-state index is -1.03. The van der Waals surface area contributed by atoms with E-state index in [4.69, 9.17) is 25.1 Å². The average molecular weight is 683 g/mol. The molecule has 2 unspecified atom stereocenters. The average Bonchev–Trinajstić information content (AvgIpc) is 3.44. The van der Waals surface area contributed by atoms with Crippen molar-refractivity contribution < 1.29 is 48.4 Å². The van der Waals surface area contributed by atoms with Gasteiger partial charge in [0.15, 0.2) is 12.3 Å². The third-order valence-corrected chi connectivity index (χ3v) is 11.6. The van der Waals surface area contributed by atoms with Gasteiger partial charge in [-0.2, -0.15) is 0 Å². The first-order chi connectivity index (χ1) is 21.4. The number of aromatic hydroxyl groups is 1. The summed E-state index contributed by atoms with van der Waals surface area (Å²) in [7, 11) is 2.84. The lowest BCUT2D eigenvalue weighted by Crippen LogP contribution is -2.71. The Morgan fingerprint density at radius 2 is 1.78 bits per heavy atom. The maximum atomic E-state index is 13.0. The number of thioether (sulfide) groups is 1. The van der Waals surface area contributed by atoms with Gasteiger partial charge in [-0.25, -0.2) is 9.59 Å². The first kappa shape index (κ1) is 33.2. The lowest BCUT2D eigenvalue weighted by atomic mass is 9.95. The van der Waals surface area contributed by atoms with Crippen LogP contribution in [0.3, 0.4) is 0 Å². The van der Waals surface area contributed by atoms with E-state index in [1.165, 1.54) is 73.5 Å². The molecule has 0 aliphatic carbocycles. The molecule has 45 heavy (non-hydrogen) atoms. The summed E-state index contributed by atoms with van der Waals surface area (Å²) in [6, 6.07) is 2.26. The predicted octanol–water partition coefficient (Wildman–Crippen LogP) is 0.240. The van der Waals surface area contributed by atoms with Crippen LogP contribution < -0.4 is 11.1 Å². The highest BCUT2D eigenvalue weighted by Gasteiger charge is 2.64. The van der Waals surface area contributed by atoms with Crippen LogP contribution in [0, 0.1) is 0 Å². The third kappa shape index (κ3) is 6.72. The maximum absolute atomic E-state index is 13.0. The van der Waals surface area contributed by atoms with Crippen LogP contribution in [0.25, 0.3) is 0 Å². The summed E-state index contributed by atoms with van der Waals surface area (Å²) >= 11 is 1.41. The van der Waals surface area contributed by atoms with E-state index in [1.54, 1.807) is 0 Å². The number of fused-ring (bicyclic) bond motifs is 2. The number of phenolic OH excluding ortho intramolecular Hbond substituents is 1. The SMILES string of the molecule is CC1(C)S[C@H]2[C@@H](NC(=O)C(N)c3ccc(O)cc3)C(=O)N2C1C(=O)OCCSSCCOC(=O)[C@H]1C(=CCO)O[C@@H]2CC(=O)N12. The number of nitrogens with one attached hydrogen (secondary N) is 1. The summed E-state index contributed by atoms with van der Waals surface area (Å²) < 4.78 is 15.7. The zero-order valence-electron chi connectivity index (χ0n) is 24.5. The first-order valence-electron chi connectivity index (χ1n) is 14.2. The molecule has 4 saturated heterocycles. The van der Waals surface area contributed by atoms with E-state index >= 15 is 0 Å². The summed E-state index contributed by atoms with van der Waals surface area (Å²) in [6.07, 6.45) is 1.04. The highest BCUT2D eigenvalue weighted by atomic mass is 33.1.